The van der Waals surface area contributed by atoms with E-state index in [1.807, 2.05) is 40.1 Å². The van der Waals surface area contributed by atoms with E-state index in [0.717, 1.165) is 27.3 Å². The quantitative estimate of drug-likeness (QED) is 0.406. The van der Waals surface area contributed by atoms with Gasteiger partial charge in [-0.1, -0.05) is 58.5 Å². The van der Waals surface area contributed by atoms with E-state index >= 15 is 0 Å². The van der Waals surface area contributed by atoms with Gasteiger partial charge in [-0.05, 0) is 72.1 Å². The molecule has 2 aromatic carbocycles. The van der Waals surface area contributed by atoms with Gasteiger partial charge in [0.2, 0.25) is 0 Å². The molecule has 1 aliphatic heterocycles. The number of thioether (sulfide) groups is 1. The molecule has 0 aliphatic carbocycles. The maximum atomic E-state index is 13.3. The molecule has 2 aromatic rings. The second-order valence-electron chi connectivity index (χ2n) is 11.1. The number of carbonyl (C=O) groups is 1. The zero-order chi connectivity index (χ0) is 26.1. The molecule has 0 bridgehead atoms. The summed E-state index contributed by atoms with van der Waals surface area (Å²) in [4.78, 5) is 16.6. The first-order valence-corrected chi connectivity index (χ1v) is 13.0. The van der Waals surface area contributed by atoms with Gasteiger partial charge in [-0.2, -0.15) is 0 Å². The van der Waals surface area contributed by atoms with Crippen molar-refractivity contribution >= 4 is 23.4 Å². The molecule has 0 aromatic heterocycles. The van der Waals surface area contributed by atoms with Crippen molar-refractivity contribution in [1.82, 2.24) is 0 Å². The van der Waals surface area contributed by atoms with Gasteiger partial charge in [0.15, 0.2) is 0 Å². The van der Waals surface area contributed by atoms with Gasteiger partial charge in [-0.25, -0.2) is 4.79 Å². The van der Waals surface area contributed by atoms with E-state index in [9.17, 15) is 15.0 Å². The van der Waals surface area contributed by atoms with Crippen molar-refractivity contribution in [2.24, 2.45) is 5.92 Å². The number of ether oxygens (including phenoxy) is 1. The minimum atomic E-state index is -0.777. The first kappa shape index (κ1) is 27.0. The molecule has 0 radical (unpaired) electrons. The maximum absolute atomic E-state index is 13.3. The molecule has 5 nitrogen and oxygen atoms in total. The number of esters is 1. The Labute approximate surface area is 214 Å². The van der Waals surface area contributed by atoms with Crippen LogP contribution in [0.15, 0.2) is 52.0 Å². The molecule has 0 fully saturated rings. The third-order valence-electron chi connectivity index (χ3n) is 6.84. The van der Waals surface area contributed by atoms with Crippen molar-refractivity contribution in [3.8, 4) is 5.75 Å². The lowest BCUT2D eigenvalue weighted by Crippen LogP contribution is -2.44. The number of aryl methyl sites for hydroxylation is 2. The number of hydrogen-bond acceptors (Lipinski definition) is 6. The lowest BCUT2D eigenvalue weighted by atomic mass is 9.80. The maximum Gasteiger partial charge on any atom is 0.349 e. The molecule has 0 amide bonds. The molecule has 1 aliphatic rings. The molecule has 0 saturated heterocycles. The topological polar surface area (TPSA) is 70.0 Å². The summed E-state index contributed by atoms with van der Waals surface area (Å²) in [6.45, 7) is 12.6. The smallest absolute Gasteiger partial charge is 0.349 e. The first-order chi connectivity index (χ1) is 16.2. The Bertz CT molecular complexity index is 1110. The Kier molecular flexibility index (Phi) is 7.85. The number of anilines is 1. The SMILES string of the molecule is Cc1cc(SC2=C(O)CC(CCc3ccc(O)cc3)(C(C)C)OC2=O)c(C(C)(C)C)cc1N(C)C. The summed E-state index contributed by atoms with van der Waals surface area (Å²) in [5, 5.41) is 20.7. The Hall–Kier alpha value is -2.60. The van der Waals surface area contributed by atoms with Gasteiger partial charge in [0, 0.05) is 31.1 Å². The van der Waals surface area contributed by atoms with Crippen LogP contribution >= 0.6 is 11.8 Å². The predicted molar refractivity (Wildman–Crippen MR) is 144 cm³/mol. The second-order valence-corrected chi connectivity index (χ2v) is 12.2. The molecule has 190 valence electrons. The molecule has 0 saturated carbocycles. The summed E-state index contributed by atoms with van der Waals surface area (Å²) in [7, 11) is 4.05. The monoisotopic (exact) mass is 497 g/mol. The number of phenols is 1. The van der Waals surface area contributed by atoms with Gasteiger partial charge < -0.3 is 19.8 Å². The zero-order valence-electron chi connectivity index (χ0n) is 22.2. The molecule has 1 unspecified atom stereocenters. The summed E-state index contributed by atoms with van der Waals surface area (Å²) in [6, 6.07) is 11.3. The summed E-state index contributed by atoms with van der Waals surface area (Å²) >= 11 is 1.31. The highest BCUT2D eigenvalue weighted by Crippen LogP contribution is 2.46. The standard InChI is InChI=1S/C29H39NO4S/c1-18(2)29(14-13-20-9-11-21(31)12-10-20)17-24(32)26(27(33)34-29)35-25-15-19(3)23(30(7)8)16-22(25)28(4,5)6/h9-12,15-16,18,31-32H,13-14,17H2,1-8H3. The van der Waals surface area contributed by atoms with E-state index in [-0.39, 0.29) is 34.2 Å². The minimum absolute atomic E-state index is 0.0315. The van der Waals surface area contributed by atoms with Gasteiger partial charge >= 0.3 is 5.97 Å². The molecular weight excluding hydrogens is 458 g/mol. The number of rotatable bonds is 7. The fourth-order valence-electron chi connectivity index (χ4n) is 4.55. The molecule has 1 atom stereocenters. The average Bonchev–Trinajstić information content (AvgIpc) is 2.74. The van der Waals surface area contributed by atoms with Crippen LogP contribution in [0.2, 0.25) is 0 Å². The Morgan fingerprint density at radius 1 is 1.11 bits per heavy atom. The van der Waals surface area contributed by atoms with Crippen LogP contribution < -0.4 is 4.90 Å². The van der Waals surface area contributed by atoms with Gasteiger partial charge in [0.25, 0.3) is 0 Å². The van der Waals surface area contributed by atoms with E-state index in [2.05, 4.69) is 44.7 Å². The van der Waals surface area contributed by atoms with Crippen LogP contribution in [0, 0.1) is 12.8 Å². The van der Waals surface area contributed by atoms with E-state index in [4.69, 9.17) is 4.74 Å². The van der Waals surface area contributed by atoms with E-state index in [1.54, 1.807) is 12.1 Å². The average molecular weight is 498 g/mol. The van der Waals surface area contributed by atoms with Crippen LogP contribution in [0.25, 0.3) is 0 Å². The molecule has 2 N–H and O–H groups in total. The number of aliphatic hydroxyl groups excluding tert-OH is 1. The highest BCUT2D eigenvalue weighted by molar-refractivity contribution is 8.04. The normalized spacial score (nSPS) is 18.7. The highest BCUT2D eigenvalue weighted by atomic mass is 32.2. The lowest BCUT2D eigenvalue weighted by molar-refractivity contribution is -0.164. The minimum Gasteiger partial charge on any atom is -0.511 e. The summed E-state index contributed by atoms with van der Waals surface area (Å²) in [5.74, 6) is -0.113. The number of aromatic hydroxyl groups is 1. The van der Waals surface area contributed by atoms with Crippen LogP contribution in [-0.4, -0.2) is 35.9 Å². The third kappa shape index (κ3) is 5.97. The van der Waals surface area contributed by atoms with Crippen LogP contribution in [0.3, 0.4) is 0 Å². The van der Waals surface area contributed by atoms with Gasteiger partial charge in [0.1, 0.15) is 22.0 Å². The molecule has 0 spiro atoms. The van der Waals surface area contributed by atoms with Crippen LogP contribution in [-0.2, 0) is 21.4 Å². The lowest BCUT2D eigenvalue weighted by Gasteiger charge is -2.40. The molecule has 35 heavy (non-hydrogen) atoms. The van der Waals surface area contributed by atoms with Crippen molar-refractivity contribution in [3.63, 3.8) is 0 Å². The van der Waals surface area contributed by atoms with Gasteiger partial charge in [0.05, 0.1) is 0 Å². The Balaban J connectivity index is 1.92. The molecule has 3 rings (SSSR count). The van der Waals surface area contributed by atoms with Crippen LogP contribution in [0.4, 0.5) is 5.69 Å². The number of phenolic OH excluding ortho intramolecular Hbond substituents is 1. The zero-order valence-corrected chi connectivity index (χ0v) is 23.0. The third-order valence-corrected chi connectivity index (χ3v) is 8.00. The van der Waals surface area contributed by atoms with E-state index in [0.29, 0.717) is 12.8 Å². The fourth-order valence-corrected chi connectivity index (χ4v) is 5.80. The van der Waals surface area contributed by atoms with Gasteiger partial charge in [-0.15, -0.1) is 0 Å². The summed E-state index contributed by atoms with van der Waals surface area (Å²) in [6.07, 6.45) is 1.56. The Morgan fingerprint density at radius 2 is 1.74 bits per heavy atom. The number of cyclic esters (lactones) is 1. The number of benzene rings is 2. The van der Waals surface area contributed by atoms with Crippen molar-refractivity contribution in [2.45, 2.75) is 76.7 Å². The number of carbonyl (C=O) groups excluding carboxylic acids is 1. The Morgan fingerprint density at radius 3 is 2.26 bits per heavy atom. The molecular formula is C29H39NO4S. The van der Waals surface area contributed by atoms with Crippen molar-refractivity contribution in [3.05, 3.63) is 63.8 Å². The number of hydrogen-bond donors (Lipinski definition) is 2. The van der Waals surface area contributed by atoms with E-state index < -0.39 is 11.6 Å². The van der Waals surface area contributed by atoms with E-state index in [1.165, 1.54) is 11.8 Å². The number of aliphatic hydroxyl groups is 1. The molecule has 1 heterocycles. The fraction of sp³-hybridized carbons (Fsp3) is 0.483. The predicted octanol–water partition coefficient (Wildman–Crippen LogP) is 6.90. The first-order valence-electron chi connectivity index (χ1n) is 12.2. The highest BCUT2D eigenvalue weighted by Gasteiger charge is 2.44. The largest absolute Gasteiger partial charge is 0.511 e. The summed E-state index contributed by atoms with van der Waals surface area (Å²) in [5.41, 5.74) is 3.51. The van der Waals surface area contributed by atoms with Crippen LogP contribution in [0.1, 0.15) is 64.2 Å². The van der Waals surface area contributed by atoms with Crippen molar-refractivity contribution in [2.75, 3.05) is 19.0 Å². The van der Waals surface area contributed by atoms with Crippen molar-refractivity contribution < 1.29 is 19.7 Å². The van der Waals surface area contributed by atoms with Crippen LogP contribution in [0.5, 0.6) is 5.75 Å². The van der Waals surface area contributed by atoms with Gasteiger partial charge in [-0.3, -0.25) is 0 Å². The van der Waals surface area contributed by atoms with Crippen molar-refractivity contribution in [1.29, 1.82) is 0 Å². The molecule has 6 heteroatoms. The second kappa shape index (κ2) is 10.2. The number of nitrogens with zero attached hydrogens (tertiary/aromatic N) is 1. The summed E-state index contributed by atoms with van der Waals surface area (Å²) < 4.78 is 6.12.